The van der Waals surface area contributed by atoms with Crippen LogP contribution in [0, 0.1) is 0 Å². The van der Waals surface area contributed by atoms with Crippen molar-refractivity contribution >= 4 is 63.1 Å². The number of amides is 2. The second-order valence-corrected chi connectivity index (χ2v) is 12.3. The lowest BCUT2D eigenvalue weighted by atomic mass is 10.0. The van der Waals surface area contributed by atoms with E-state index in [4.69, 9.17) is 37.4 Å². The number of aryl methyl sites for hydroxylation is 1. The molecule has 14 heteroatoms. The van der Waals surface area contributed by atoms with E-state index in [1.54, 1.807) is 52.1 Å². The smallest absolute Gasteiger partial charge is 0.259 e. The lowest BCUT2D eigenvalue weighted by molar-refractivity contribution is -0.111. The Hall–Kier alpha value is -4.62. The van der Waals surface area contributed by atoms with Gasteiger partial charge in [-0.3, -0.25) is 14.4 Å². The van der Waals surface area contributed by atoms with Crippen molar-refractivity contribution in [1.29, 1.82) is 0 Å². The highest BCUT2D eigenvalue weighted by atomic mass is 35.5. The monoisotopic (exact) mass is 708 g/mol. The number of rotatable bonds is 12. The molecule has 0 atom stereocenters. The van der Waals surface area contributed by atoms with Crippen LogP contribution in [0.1, 0.15) is 16.8 Å². The molecule has 12 nitrogen and oxygen atoms in total. The van der Waals surface area contributed by atoms with E-state index in [-0.39, 0.29) is 27.1 Å². The van der Waals surface area contributed by atoms with Crippen molar-refractivity contribution in [3.8, 4) is 22.6 Å². The topological polar surface area (TPSA) is 127 Å². The van der Waals surface area contributed by atoms with Gasteiger partial charge in [-0.05, 0) is 57.4 Å². The lowest BCUT2D eigenvalue weighted by Crippen LogP contribution is -2.40. The molecule has 3 heterocycles. The van der Waals surface area contributed by atoms with Crippen molar-refractivity contribution < 1.29 is 23.8 Å². The fourth-order valence-corrected chi connectivity index (χ4v) is 6.27. The molecule has 0 saturated carbocycles. The third kappa shape index (κ3) is 7.83. The second-order valence-electron chi connectivity index (χ2n) is 11.6. The van der Waals surface area contributed by atoms with E-state index >= 15 is 0 Å². The van der Waals surface area contributed by atoms with Crippen LogP contribution in [0.15, 0.2) is 60.0 Å². The van der Waals surface area contributed by atoms with Crippen LogP contribution in [0.3, 0.4) is 0 Å². The number of carbonyl (C=O) groups excluding carboxylic acids is 2. The molecule has 0 spiro atoms. The molecule has 49 heavy (non-hydrogen) atoms. The van der Waals surface area contributed by atoms with Gasteiger partial charge in [0.25, 0.3) is 11.5 Å². The van der Waals surface area contributed by atoms with Gasteiger partial charge >= 0.3 is 0 Å². The minimum Gasteiger partial charge on any atom is -0.495 e. The summed E-state index contributed by atoms with van der Waals surface area (Å²) in [5.74, 6) is 0.414. The summed E-state index contributed by atoms with van der Waals surface area (Å²) < 4.78 is 18.0. The van der Waals surface area contributed by atoms with Gasteiger partial charge < -0.3 is 39.2 Å². The number of nitrogens with zero attached hydrogens (tertiary/aromatic N) is 4. The Bertz CT molecular complexity index is 1930. The summed E-state index contributed by atoms with van der Waals surface area (Å²) in [4.78, 5) is 48.3. The minimum absolute atomic E-state index is 0.167. The fourth-order valence-electron chi connectivity index (χ4n) is 5.57. The molecule has 0 unspecified atom stereocenters. The zero-order chi connectivity index (χ0) is 35.2. The Morgan fingerprint density at radius 3 is 2.37 bits per heavy atom. The van der Waals surface area contributed by atoms with E-state index in [9.17, 15) is 14.4 Å². The Kier molecular flexibility index (Phi) is 11.5. The van der Waals surface area contributed by atoms with Crippen molar-refractivity contribution in [2.45, 2.75) is 13.0 Å². The number of aromatic nitrogens is 2. The number of fused-ring (bicyclic) bond motifs is 1. The van der Waals surface area contributed by atoms with E-state index in [2.05, 4.69) is 22.2 Å². The van der Waals surface area contributed by atoms with Crippen molar-refractivity contribution in [3.05, 3.63) is 81.2 Å². The average molecular weight is 710 g/mol. The van der Waals surface area contributed by atoms with Crippen LogP contribution in [0.4, 0.5) is 17.2 Å². The molecule has 0 aliphatic carbocycles. The summed E-state index contributed by atoms with van der Waals surface area (Å²) in [6.45, 7) is 6.58. The van der Waals surface area contributed by atoms with Gasteiger partial charge in [0.15, 0.2) is 0 Å². The molecule has 4 aromatic rings. The summed E-state index contributed by atoms with van der Waals surface area (Å²) in [5.41, 5.74) is 2.12. The quantitative estimate of drug-likeness (QED) is 0.179. The first kappa shape index (κ1) is 35.7. The van der Waals surface area contributed by atoms with Crippen molar-refractivity contribution in [2.75, 3.05) is 71.8 Å². The number of methoxy groups -OCH3 is 2. The molecule has 0 bridgehead atoms. The number of hydrogen-bond donors (Lipinski definition) is 2. The number of carbonyl (C=O) groups is 2. The van der Waals surface area contributed by atoms with Gasteiger partial charge in [-0.15, -0.1) is 0 Å². The van der Waals surface area contributed by atoms with Gasteiger partial charge in [0, 0.05) is 54.5 Å². The van der Waals surface area contributed by atoms with Gasteiger partial charge in [-0.2, -0.15) is 0 Å². The summed E-state index contributed by atoms with van der Waals surface area (Å²) in [7, 11) is 6.88. The number of halogens is 2. The largest absolute Gasteiger partial charge is 0.495 e. The zero-order valence-corrected chi connectivity index (χ0v) is 29.3. The molecule has 2 aromatic heterocycles. The van der Waals surface area contributed by atoms with Crippen LogP contribution in [0.5, 0.6) is 11.5 Å². The molecule has 5 rings (SSSR count). The maximum Gasteiger partial charge on any atom is 0.259 e. The van der Waals surface area contributed by atoms with E-state index < -0.39 is 5.91 Å². The van der Waals surface area contributed by atoms with Crippen LogP contribution >= 0.6 is 23.2 Å². The predicted octanol–water partition coefficient (Wildman–Crippen LogP) is 5.68. The third-order valence-corrected chi connectivity index (χ3v) is 8.83. The first-order valence-corrected chi connectivity index (χ1v) is 16.3. The maximum absolute atomic E-state index is 14.3. The molecular formula is C35H38Cl2N6O6. The molecule has 0 radical (unpaired) electrons. The standard InChI is InChI=1S/C35H38Cl2N6O6/c1-6-30(44)40-25-17-21(34(45)42-12-14-49-15-13-42)8-9-24(25)39-29-18-26-22(20-38-29)16-23(35(46)43(26)11-7-10-41(2)3)31-32(36)27(47-4)19-28(48-5)33(31)37/h6,8-9,16-20H,1,7,10-15H2,2-5H3,(H,38,39)(H,40,44). The second kappa shape index (κ2) is 15.7. The fraction of sp³-hybridized carbons (Fsp3) is 0.314. The molecule has 2 aromatic carbocycles. The van der Waals surface area contributed by atoms with Crippen LogP contribution in [-0.4, -0.2) is 92.3 Å². The number of anilines is 3. The van der Waals surface area contributed by atoms with E-state index in [1.807, 2.05) is 19.0 Å². The minimum atomic E-state index is -0.445. The van der Waals surface area contributed by atoms with Crippen molar-refractivity contribution in [3.63, 3.8) is 0 Å². The van der Waals surface area contributed by atoms with Crippen molar-refractivity contribution in [2.24, 2.45) is 0 Å². The Morgan fingerprint density at radius 2 is 1.73 bits per heavy atom. The molecular weight excluding hydrogens is 671 g/mol. The van der Waals surface area contributed by atoms with E-state index in [0.717, 1.165) is 12.6 Å². The van der Waals surface area contributed by atoms with Gasteiger partial charge in [0.1, 0.15) is 17.3 Å². The van der Waals surface area contributed by atoms with Gasteiger partial charge in [-0.25, -0.2) is 4.98 Å². The normalized spacial score (nSPS) is 13.0. The molecule has 1 aliphatic rings. The van der Waals surface area contributed by atoms with E-state index in [0.29, 0.717) is 90.0 Å². The summed E-state index contributed by atoms with van der Waals surface area (Å²) in [6.07, 6.45) is 3.46. The van der Waals surface area contributed by atoms with Gasteiger partial charge in [0.2, 0.25) is 5.91 Å². The van der Waals surface area contributed by atoms with Crippen LogP contribution < -0.4 is 25.7 Å². The Morgan fingerprint density at radius 1 is 1.04 bits per heavy atom. The lowest BCUT2D eigenvalue weighted by Gasteiger charge is -2.27. The van der Waals surface area contributed by atoms with E-state index in [1.165, 1.54) is 14.2 Å². The maximum atomic E-state index is 14.3. The molecule has 1 saturated heterocycles. The first-order valence-electron chi connectivity index (χ1n) is 15.6. The predicted molar refractivity (Wildman–Crippen MR) is 193 cm³/mol. The number of pyridine rings is 2. The van der Waals surface area contributed by atoms with Crippen LogP contribution in [-0.2, 0) is 16.1 Å². The average Bonchev–Trinajstić information content (AvgIpc) is 3.10. The number of benzene rings is 2. The Labute approximate surface area is 294 Å². The zero-order valence-electron chi connectivity index (χ0n) is 27.8. The number of ether oxygens (including phenoxy) is 3. The van der Waals surface area contributed by atoms with Crippen LogP contribution in [0.2, 0.25) is 10.0 Å². The SMILES string of the molecule is C=CC(=O)Nc1cc(C(=O)N2CCOCC2)ccc1Nc1cc2c(cn1)cc(-c1c(Cl)c(OC)cc(OC)c1Cl)c(=O)n2CCCN(C)C. The molecule has 2 N–H and O–H groups in total. The highest BCUT2D eigenvalue weighted by Crippen LogP contribution is 2.45. The first-order chi connectivity index (χ1) is 23.6. The highest BCUT2D eigenvalue weighted by Gasteiger charge is 2.24. The summed E-state index contributed by atoms with van der Waals surface area (Å²) in [6, 6.07) is 10.0. The van der Waals surface area contributed by atoms with Crippen molar-refractivity contribution in [1.82, 2.24) is 19.4 Å². The molecule has 258 valence electrons. The highest BCUT2D eigenvalue weighted by molar-refractivity contribution is 6.41. The molecule has 1 aliphatic heterocycles. The number of nitrogens with one attached hydrogen (secondary N) is 2. The molecule has 1 fully saturated rings. The summed E-state index contributed by atoms with van der Waals surface area (Å²) in [5, 5.41) is 7.05. The number of morpholine rings is 1. The Balaban J connectivity index is 1.60. The summed E-state index contributed by atoms with van der Waals surface area (Å²) >= 11 is 13.5. The molecule has 2 amide bonds. The van der Waals surface area contributed by atoms with Crippen LogP contribution in [0.25, 0.3) is 22.0 Å². The van der Waals surface area contributed by atoms with Gasteiger partial charge in [-0.1, -0.05) is 29.8 Å². The number of hydrogen-bond acceptors (Lipinski definition) is 9. The van der Waals surface area contributed by atoms with Gasteiger partial charge in [0.05, 0.1) is 59.9 Å². The third-order valence-electron chi connectivity index (χ3n) is 8.08.